The van der Waals surface area contributed by atoms with Crippen molar-refractivity contribution in [3.8, 4) is 0 Å². The quantitative estimate of drug-likeness (QED) is 0.907. The van der Waals surface area contributed by atoms with Gasteiger partial charge in [-0.15, -0.1) is 0 Å². The van der Waals surface area contributed by atoms with Crippen LogP contribution < -0.4 is 5.32 Å². The number of urea groups is 1. The molecule has 0 aromatic heterocycles. The van der Waals surface area contributed by atoms with Crippen molar-refractivity contribution in [3.63, 3.8) is 0 Å². The van der Waals surface area contributed by atoms with Gasteiger partial charge in [-0.05, 0) is 50.3 Å². The largest absolute Gasteiger partial charge is 0.338 e. The van der Waals surface area contributed by atoms with E-state index in [0.29, 0.717) is 6.04 Å². The molecule has 23 heavy (non-hydrogen) atoms. The highest BCUT2D eigenvalue weighted by molar-refractivity contribution is 5.75. The minimum absolute atomic E-state index is 0.113. The molecule has 2 heterocycles. The summed E-state index contributed by atoms with van der Waals surface area (Å²) in [7, 11) is 0. The summed E-state index contributed by atoms with van der Waals surface area (Å²) >= 11 is 0. The van der Waals surface area contributed by atoms with E-state index in [1.807, 2.05) is 4.90 Å². The third-order valence-electron chi connectivity index (χ3n) is 5.21. The number of amides is 2. The average molecular weight is 315 g/mol. The topological polar surface area (TPSA) is 35.6 Å². The molecule has 2 aliphatic heterocycles. The van der Waals surface area contributed by atoms with Gasteiger partial charge in [0, 0.05) is 25.7 Å². The number of likely N-dealkylation sites (tertiary alicyclic amines) is 2. The molecule has 2 fully saturated rings. The van der Waals surface area contributed by atoms with E-state index in [1.165, 1.54) is 37.9 Å². The molecule has 3 rings (SSSR count). The molecule has 2 saturated heterocycles. The molecule has 0 spiro atoms. The second kappa shape index (κ2) is 7.82. The maximum Gasteiger partial charge on any atom is 0.317 e. The van der Waals surface area contributed by atoms with Gasteiger partial charge in [0.1, 0.15) is 0 Å². The van der Waals surface area contributed by atoms with Crippen molar-refractivity contribution in [2.75, 3.05) is 32.7 Å². The highest BCUT2D eigenvalue weighted by atomic mass is 16.2. The molecule has 0 atom stereocenters. The Labute approximate surface area is 139 Å². The summed E-state index contributed by atoms with van der Waals surface area (Å²) < 4.78 is 0. The molecule has 0 bridgehead atoms. The van der Waals surface area contributed by atoms with Gasteiger partial charge in [-0.1, -0.05) is 37.3 Å². The van der Waals surface area contributed by atoms with E-state index in [4.69, 9.17) is 0 Å². The minimum Gasteiger partial charge on any atom is -0.338 e. The summed E-state index contributed by atoms with van der Waals surface area (Å²) in [5.74, 6) is 0.817. The van der Waals surface area contributed by atoms with Gasteiger partial charge in [-0.2, -0.15) is 0 Å². The standard InChI is InChI=1S/C19H29N3O/c1-2-10-20-19(23)22-14-18(15-22)21-11-8-17(9-12-21)13-16-6-4-3-5-7-16/h3-7,17-18H,2,8-15H2,1H3,(H,20,23). The zero-order chi connectivity index (χ0) is 16.1. The van der Waals surface area contributed by atoms with Crippen LogP contribution in [0.1, 0.15) is 31.7 Å². The normalized spacial score (nSPS) is 20.3. The van der Waals surface area contributed by atoms with E-state index in [1.54, 1.807) is 0 Å². The van der Waals surface area contributed by atoms with Gasteiger partial charge in [0.25, 0.3) is 0 Å². The molecule has 0 saturated carbocycles. The lowest BCUT2D eigenvalue weighted by Gasteiger charge is -2.47. The van der Waals surface area contributed by atoms with Crippen molar-refractivity contribution in [2.24, 2.45) is 5.92 Å². The molecule has 1 aromatic carbocycles. The second-order valence-corrected chi connectivity index (χ2v) is 6.96. The molecule has 2 aliphatic rings. The SMILES string of the molecule is CCCNC(=O)N1CC(N2CCC(Cc3ccccc3)CC2)C1. The lowest BCUT2D eigenvalue weighted by atomic mass is 9.89. The molecule has 4 nitrogen and oxygen atoms in total. The lowest BCUT2D eigenvalue weighted by Crippen LogP contribution is -2.63. The molecule has 126 valence electrons. The fourth-order valence-corrected chi connectivity index (χ4v) is 3.67. The maximum atomic E-state index is 11.9. The van der Waals surface area contributed by atoms with Crippen LogP contribution in [0.3, 0.4) is 0 Å². The van der Waals surface area contributed by atoms with Crippen molar-refractivity contribution in [1.82, 2.24) is 15.1 Å². The first-order chi connectivity index (χ1) is 11.3. The summed E-state index contributed by atoms with van der Waals surface area (Å²) in [4.78, 5) is 16.4. The summed E-state index contributed by atoms with van der Waals surface area (Å²) in [6, 6.07) is 11.5. The minimum atomic E-state index is 0.113. The molecule has 0 aliphatic carbocycles. The number of carbonyl (C=O) groups excluding carboxylic acids is 1. The molecule has 1 N–H and O–H groups in total. The van der Waals surface area contributed by atoms with Crippen LogP contribution in [-0.2, 0) is 6.42 Å². The van der Waals surface area contributed by atoms with Gasteiger partial charge in [-0.25, -0.2) is 4.79 Å². The van der Waals surface area contributed by atoms with E-state index >= 15 is 0 Å². The van der Waals surface area contributed by atoms with Crippen LogP contribution >= 0.6 is 0 Å². The Morgan fingerprint density at radius 3 is 2.52 bits per heavy atom. The van der Waals surface area contributed by atoms with E-state index in [0.717, 1.165) is 32.0 Å². The van der Waals surface area contributed by atoms with Crippen molar-refractivity contribution in [1.29, 1.82) is 0 Å². The van der Waals surface area contributed by atoms with Crippen LogP contribution in [0, 0.1) is 5.92 Å². The van der Waals surface area contributed by atoms with Gasteiger partial charge in [-0.3, -0.25) is 4.90 Å². The lowest BCUT2D eigenvalue weighted by molar-refractivity contribution is 0.0348. The van der Waals surface area contributed by atoms with Crippen LogP contribution in [0.2, 0.25) is 0 Å². The smallest absolute Gasteiger partial charge is 0.317 e. The first-order valence-corrected chi connectivity index (χ1v) is 9.07. The zero-order valence-corrected chi connectivity index (χ0v) is 14.2. The Balaban J connectivity index is 1.36. The van der Waals surface area contributed by atoms with E-state index in [2.05, 4.69) is 47.5 Å². The fraction of sp³-hybridized carbons (Fsp3) is 0.632. The summed E-state index contributed by atoms with van der Waals surface area (Å²) in [5.41, 5.74) is 1.47. The molecule has 4 heteroatoms. The number of hydrogen-bond acceptors (Lipinski definition) is 2. The monoisotopic (exact) mass is 315 g/mol. The maximum absolute atomic E-state index is 11.9. The van der Waals surface area contributed by atoms with E-state index < -0.39 is 0 Å². The predicted octanol–water partition coefficient (Wildman–Crippen LogP) is 2.74. The molecule has 2 amide bonds. The van der Waals surface area contributed by atoms with Crippen molar-refractivity contribution >= 4 is 6.03 Å². The number of nitrogens with zero attached hydrogens (tertiary/aromatic N) is 2. The molecule has 0 unspecified atom stereocenters. The second-order valence-electron chi connectivity index (χ2n) is 6.96. The van der Waals surface area contributed by atoms with Crippen LogP contribution in [0.15, 0.2) is 30.3 Å². The number of nitrogens with one attached hydrogen (secondary N) is 1. The first-order valence-electron chi connectivity index (χ1n) is 9.07. The number of carbonyl (C=O) groups is 1. The average Bonchev–Trinajstić information content (AvgIpc) is 2.54. The van der Waals surface area contributed by atoms with Crippen LogP contribution in [0.5, 0.6) is 0 Å². The summed E-state index contributed by atoms with van der Waals surface area (Å²) in [5, 5.41) is 2.96. The van der Waals surface area contributed by atoms with Crippen molar-refractivity contribution < 1.29 is 4.79 Å². The highest BCUT2D eigenvalue weighted by Crippen LogP contribution is 2.25. The highest BCUT2D eigenvalue weighted by Gasteiger charge is 2.36. The van der Waals surface area contributed by atoms with Crippen molar-refractivity contribution in [2.45, 2.75) is 38.6 Å². The number of rotatable bonds is 5. The van der Waals surface area contributed by atoms with Gasteiger partial charge >= 0.3 is 6.03 Å². The predicted molar refractivity (Wildman–Crippen MR) is 93.5 cm³/mol. The molecule has 0 radical (unpaired) electrons. The van der Waals surface area contributed by atoms with Gasteiger partial charge < -0.3 is 10.2 Å². The summed E-state index contributed by atoms with van der Waals surface area (Å²) in [6.45, 7) is 7.04. The Bertz CT molecular complexity index is 491. The Kier molecular flexibility index (Phi) is 5.55. The van der Waals surface area contributed by atoms with Crippen molar-refractivity contribution in [3.05, 3.63) is 35.9 Å². The third kappa shape index (κ3) is 4.25. The Hall–Kier alpha value is -1.55. The Morgan fingerprint density at radius 1 is 1.17 bits per heavy atom. The molecular formula is C19H29N3O. The molecule has 1 aromatic rings. The van der Waals surface area contributed by atoms with Crippen LogP contribution in [0.4, 0.5) is 4.79 Å². The van der Waals surface area contributed by atoms with Gasteiger partial charge in [0.15, 0.2) is 0 Å². The van der Waals surface area contributed by atoms with E-state index in [-0.39, 0.29) is 6.03 Å². The number of hydrogen-bond donors (Lipinski definition) is 1. The van der Waals surface area contributed by atoms with Crippen LogP contribution in [-0.4, -0.2) is 54.6 Å². The third-order valence-corrected chi connectivity index (χ3v) is 5.21. The summed E-state index contributed by atoms with van der Waals surface area (Å²) in [6.07, 6.45) is 4.78. The molecular weight excluding hydrogens is 286 g/mol. The van der Waals surface area contributed by atoms with Gasteiger partial charge in [0.05, 0.1) is 0 Å². The van der Waals surface area contributed by atoms with E-state index in [9.17, 15) is 4.79 Å². The number of piperidine rings is 1. The van der Waals surface area contributed by atoms with Crippen LogP contribution in [0.25, 0.3) is 0 Å². The van der Waals surface area contributed by atoms with Gasteiger partial charge in [0.2, 0.25) is 0 Å². The first kappa shape index (κ1) is 16.3. The fourth-order valence-electron chi connectivity index (χ4n) is 3.67. The Morgan fingerprint density at radius 2 is 1.87 bits per heavy atom. The zero-order valence-electron chi connectivity index (χ0n) is 14.2. The number of benzene rings is 1.